The Morgan fingerprint density at radius 1 is 1.13 bits per heavy atom. The summed E-state index contributed by atoms with van der Waals surface area (Å²) in [5.41, 5.74) is 2.32. The Hall–Kier alpha value is -2.34. The summed E-state index contributed by atoms with van der Waals surface area (Å²) in [6.45, 7) is 5.21. The Bertz CT molecular complexity index is 957. The molecule has 3 rings (SSSR count). The van der Waals surface area contributed by atoms with Crippen LogP contribution in [0.5, 0.6) is 11.5 Å². The molecule has 0 bridgehead atoms. The van der Waals surface area contributed by atoms with Crippen molar-refractivity contribution in [1.82, 2.24) is 9.99 Å². The van der Waals surface area contributed by atoms with Crippen LogP contribution in [0.1, 0.15) is 30.1 Å². The van der Waals surface area contributed by atoms with Gasteiger partial charge in [-0.15, -0.1) is 0 Å². The molecule has 0 aromatic heterocycles. The van der Waals surface area contributed by atoms with Crippen LogP contribution in [0.2, 0.25) is 0 Å². The molecule has 1 fully saturated rings. The maximum atomic E-state index is 12.9. The molecular formula is C23H31N2O5P. The molecule has 0 spiro atoms. The maximum Gasteiger partial charge on any atom is 0.269 e. The molecule has 1 amide bonds. The predicted octanol–water partition coefficient (Wildman–Crippen LogP) is 4.42. The summed E-state index contributed by atoms with van der Waals surface area (Å²) >= 11 is 0. The van der Waals surface area contributed by atoms with E-state index in [-0.39, 0.29) is 11.9 Å². The third-order valence-corrected chi connectivity index (χ3v) is 7.69. The van der Waals surface area contributed by atoms with E-state index in [0.29, 0.717) is 36.8 Å². The number of hydrogen-bond acceptors (Lipinski definition) is 5. The standard InChI is InChI=1S/C23H31N2O5P/c1-5-30-31(4,27)25-14-12-19(13-15-25)24-23(26)18-9-6-8-17(16-18)20-10-7-11-21(28-2)22(20)29-3/h6-11,16,19H,5,12-15H2,1-4H3,(H,24,26). The van der Waals surface area contributed by atoms with Gasteiger partial charge in [-0.3, -0.25) is 9.36 Å². The zero-order valence-electron chi connectivity index (χ0n) is 18.6. The molecule has 1 aliphatic rings. The van der Waals surface area contributed by atoms with Gasteiger partial charge in [0.25, 0.3) is 13.4 Å². The minimum absolute atomic E-state index is 0.0420. The number of benzene rings is 2. The summed E-state index contributed by atoms with van der Waals surface area (Å²) in [5.74, 6) is 1.15. The summed E-state index contributed by atoms with van der Waals surface area (Å²) < 4.78 is 30.8. The highest BCUT2D eigenvalue weighted by Crippen LogP contribution is 2.48. The van der Waals surface area contributed by atoms with Crippen LogP contribution < -0.4 is 14.8 Å². The van der Waals surface area contributed by atoms with Crippen molar-refractivity contribution in [3.05, 3.63) is 48.0 Å². The van der Waals surface area contributed by atoms with Crippen LogP contribution >= 0.6 is 7.52 Å². The maximum absolute atomic E-state index is 12.9. The van der Waals surface area contributed by atoms with Gasteiger partial charge in [0, 0.05) is 36.9 Å². The van der Waals surface area contributed by atoms with Crippen LogP contribution in [0.15, 0.2) is 42.5 Å². The smallest absolute Gasteiger partial charge is 0.269 e. The van der Waals surface area contributed by atoms with Crippen LogP contribution in [-0.4, -0.2) is 57.2 Å². The van der Waals surface area contributed by atoms with E-state index < -0.39 is 7.52 Å². The quantitative estimate of drug-likeness (QED) is 0.605. The molecule has 1 N–H and O–H groups in total. The monoisotopic (exact) mass is 446 g/mol. The summed E-state index contributed by atoms with van der Waals surface area (Å²) in [5, 5.41) is 3.12. The van der Waals surface area contributed by atoms with E-state index in [1.807, 2.05) is 48.0 Å². The summed E-state index contributed by atoms with van der Waals surface area (Å²) in [7, 11) is 0.459. The summed E-state index contributed by atoms with van der Waals surface area (Å²) in [4.78, 5) is 12.9. The van der Waals surface area contributed by atoms with E-state index >= 15 is 0 Å². The highest BCUT2D eigenvalue weighted by molar-refractivity contribution is 7.55. The van der Waals surface area contributed by atoms with Crippen LogP contribution in [-0.2, 0) is 9.09 Å². The van der Waals surface area contributed by atoms with Gasteiger partial charge in [0.1, 0.15) is 0 Å². The zero-order chi connectivity index (χ0) is 22.4. The molecule has 2 aromatic carbocycles. The molecule has 1 unspecified atom stereocenters. The van der Waals surface area contributed by atoms with Gasteiger partial charge in [-0.2, -0.15) is 0 Å². The SMILES string of the molecule is CCOP(C)(=O)N1CCC(NC(=O)c2cccc(-c3cccc(OC)c3OC)c2)CC1. The predicted molar refractivity (Wildman–Crippen MR) is 122 cm³/mol. The van der Waals surface area contributed by atoms with Crippen molar-refractivity contribution in [2.75, 3.05) is 40.6 Å². The topological polar surface area (TPSA) is 77.1 Å². The number of hydrogen-bond donors (Lipinski definition) is 1. The van der Waals surface area contributed by atoms with Crippen molar-refractivity contribution in [1.29, 1.82) is 0 Å². The average molecular weight is 446 g/mol. The molecule has 0 saturated carbocycles. The number of nitrogens with zero attached hydrogens (tertiary/aromatic N) is 1. The fourth-order valence-corrected chi connectivity index (χ4v) is 5.51. The molecule has 2 aromatic rings. The van der Waals surface area contributed by atoms with Crippen LogP contribution in [0.4, 0.5) is 0 Å². The van der Waals surface area contributed by atoms with Crippen molar-refractivity contribution < 1.29 is 23.4 Å². The normalized spacial score (nSPS) is 17.0. The number of carbonyl (C=O) groups excluding carboxylic acids is 1. The van der Waals surface area contributed by atoms with E-state index in [1.54, 1.807) is 27.0 Å². The summed E-state index contributed by atoms with van der Waals surface area (Å²) in [6, 6.07) is 13.2. The van der Waals surface area contributed by atoms with Crippen molar-refractivity contribution in [2.24, 2.45) is 0 Å². The van der Waals surface area contributed by atoms with Gasteiger partial charge >= 0.3 is 0 Å². The van der Waals surface area contributed by atoms with E-state index in [1.165, 1.54) is 0 Å². The molecule has 168 valence electrons. The molecule has 7 nitrogen and oxygen atoms in total. The lowest BCUT2D eigenvalue weighted by Crippen LogP contribution is -2.43. The molecule has 0 aliphatic carbocycles. The second-order valence-corrected chi connectivity index (χ2v) is 9.97. The average Bonchev–Trinajstić information content (AvgIpc) is 2.78. The van der Waals surface area contributed by atoms with E-state index in [9.17, 15) is 9.36 Å². The van der Waals surface area contributed by atoms with Gasteiger partial charge in [0.2, 0.25) is 0 Å². The minimum Gasteiger partial charge on any atom is -0.493 e. The number of methoxy groups -OCH3 is 2. The first-order valence-corrected chi connectivity index (χ1v) is 12.5. The Balaban J connectivity index is 1.69. The molecule has 1 aliphatic heterocycles. The molecule has 1 atom stereocenters. The van der Waals surface area contributed by atoms with Crippen molar-refractivity contribution >= 4 is 13.4 Å². The van der Waals surface area contributed by atoms with Crippen LogP contribution in [0, 0.1) is 0 Å². The fraction of sp³-hybridized carbons (Fsp3) is 0.435. The second kappa shape index (κ2) is 10.3. The number of para-hydroxylation sites is 1. The van der Waals surface area contributed by atoms with Gasteiger partial charge < -0.3 is 19.3 Å². The molecule has 0 radical (unpaired) electrons. The van der Waals surface area contributed by atoms with Gasteiger partial charge in [-0.1, -0.05) is 24.3 Å². The fourth-order valence-electron chi connectivity index (χ4n) is 3.91. The van der Waals surface area contributed by atoms with Crippen molar-refractivity contribution in [2.45, 2.75) is 25.8 Å². The van der Waals surface area contributed by atoms with Gasteiger partial charge in [-0.05, 0) is 43.5 Å². The first-order valence-electron chi connectivity index (χ1n) is 10.5. The number of amides is 1. The Kier molecular flexibility index (Phi) is 7.76. The number of nitrogens with one attached hydrogen (secondary N) is 1. The van der Waals surface area contributed by atoms with Crippen LogP contribution in [0.3, 0.4) is 0 Å². The first kappa shape index (κ1) is 23.3. The van der Waals surface area contributed by atoms with E-state index in [0.717, 1.165) is 24.0 Å². The molecule has 1 saturated heterocycles. The van der Waals surface area contributed by atoms with E-state index in [2.05, 4.69) is 5.32 Å². The molecular weight excluding hydrogens is 415 g/mol. The van der Waals surface area contributed by atoms with Crippen molar-refractivity contribution in [3.8, 4) is 22.6 Å². The highest BCUT2D eigenvalue weighted by atomic mass is 31.2. The Labute approximate surface area is 184 Å². The number of piperidine rings is 1. The zero-order valence-corrected chi connectivity index (χ0v) is 19.5. The molecule has 31 heavy (non-hydrogen) atoms. The third-order valence-electron chi connectivity index (χ3n) is 5.53. The minimum atomic E-state index is -2.74. The number of ether oxygens (including phenoxy) is 2. The Morgan fingerprint density at radius 3 is 2.48 bits per heavy atom. The Morgan fingerprint density at radius 2 is 1.84 bits per heavy atom. The highest BCUT2D eigenvalue weighted by Gasteiger charge is 2.31. The first-order chi connectivity index (χ1) is 14.9. The third kappa shape index (κ3) is 5.48. The largest absolute Gasteiger partial charge is 0.493 e. The van der Waals surface area contributed by atoms with E-state index in [4.69, 9.17) is 14.0 Å². The molecule has 1 heterocycles. The second-order valence-electron chi connectivity index (χ2n) is 7.54. The number of rotatable bonds is 8. The lowest BCUT2D eigenvalue weighted by atomic mass is 10.0. The van der Waals surface area contributed by atoms with Crippen molar-refractivity contribution in [3.63, 3.8) is 0 Å². The van der Waals surface area contributed by atoms with Crippen LogP contribution in [0.25, 0.3) is 11.1 Å². The van der Waals surface area contributed by atoms with Gasteiger partial charge in [-0.25, -0.2) is 4.67 Å². The lowest BCUT2D eigenvalue weighted by molar-refractivity contribution is 0.0922. The van der Waals surface area contributed by atoms with Gasteiger partial charge in [0.05, 0.1) is 20.8 Å². The lowest BCUT2D eigenvalue weighted by Gasteiger charge is -2.35. The molecule has 8 heteroatoms. The summed E-state index contributed by atoms with van der Waals surface area (Å²) in [6.07, 6.45) is 1.47. The van der Waals surface area contributed by atoms with Gasteiger partial charge in [0.15, 0.2) is 11.5 Å². The number of carbonyl (C=O) groups is 1.